The zero-order valence-corrected chi connectivity index (χ0v) is 12.0. The van der Waals surface area contributed by atoms with Crippen LogP contribution in [-0.4, -0.2) is 9.55 Å². The van der Waals surface area contributed by atoms with E-state index >= 15 is 0 Å². The lowest BCUT2D eigenvalue weighted by Gasteiger charge is -2.12. The van der Waals surface area contributed by atoms with Crippen LogP contribution in [0.4, 0.5) is 4.39 Å². The second kappa shape index (κ2) is 5.05. The van der Waals surface area contributed by atoms with Crippen molar-refractivity contribution in [2.75, 3.05) is 0 Å². The first-order chi connectivity index (χ1) is 10.7. The summed E-state index contributed by atoms with van der Waals surface area (Å²) in [7, 11) is 0. The van der Waals surface area contributed by atoms with E-state index in [0.29, 0.717) is 23.5 Å². The third-order valence-corrected chi connectivity index (χ3v) is 4.13. The van der Waals surface area contributed by atoms with E-state index in [4.69, 9.17) is 0 Å². The highest BCUT2D eigenvalue weighted by Crippen LogP contribution is 2.32. The van der Waals surface area contributed by atoms with E-state index in [1.165, 1.54) is 12.1 Å². The number of hydrogen-bond acceptors (Lipinski definition) is 2. The molecule has 4 heteroatoms. The van der Waals surface area contributed by atoms with Gasteiger partial charge in [-0.2, -0.15) is 4.98 Å². The van der Waals surface area contributed by atoms with E-state index in [1.54, 1.807) is 10.6 Å². The van der Waals surface area contributed by atoms with Gasteiger partial charge in [-0.25, -0.2) is 9.18 Å². The van der Waals surface area contributed by atoms with Crippen LogP contribution in [0.1, 0.15) is 12.8 Å². The Hall–Kier alpha value is -2.49. The molecule has 1 aliphatic rings. The monoisotopic (exact) mass is 294 g/mol. The molecule has 0 saturated heterocycles. The number of rotatable bonds is 3. The molecule has 0 radical (unpaired) electrons. The molecule has 0 aliphatic heterocycles. The SMILES string of the molecule is O=c1nc(-c2ccccc2)c2cc(F)ccc2n1CC1CC1. The van der Waals surface area contributed by atoms with Crippen LogP contribution in [0, 0.1) is 11.7 Å². The fraction of sp³-hybridized carbons (Fsp3) is 0.222. The summed E-state index contributed by atoms with van der Waals surface area (Å²) in [5.74, 6) is 0.235. The Labute approximate surface area is 127 Å². The molecule has 1 heterocycles. The van der Waals surface area contributed by atoms with E-state index in [-0.39, 0.29) is 11.5 Å². The maximum atomic E-state index is 13.7. The molecule has 0 amide bonds. The summed E-state index contributed by atoms with van der Waals surface area (Å²) in [5.41, 5.74) is 1.87. The molecule has 0 atom stereocenters. The van der Waals surface area contributed by atoms with Crippen LogP contribution in [0.2, 0.25) is 0 Å². The molecule has 22 heavy (non-hydrogen) atoms. The van der Waals surface area contributed by atoms with Crippen molar-refractivity contribution in [3.05, 3.63) is 64.8 Å². The second-order valence-corrected chi connectivity index (χ2v) is 5.82. The van der Waals surface area contributed by atoms with Gasteiger partial charge in [0.25, 0.3) is 0 Å². The summed E-state index contributed by atoms with van der Waals surface area (Å²) in [6.07, 6.45) is 2.30. The predicted octanol–water partition coefficient (Wildman–Crippen LogP) is 3.61. The Morgan fingerprint density at radius 3 is 2.64 bits per heavy atom. The molecule has 4 rings (SSSR count). The number of aromatic nitrogens is 2. The van der Waals surface area contributed by atoms with Crippen molar-refractivity contribution >= 4 is 10.9 Å². The van der Waals surface area contributed by atoms with Crippen molar-refractivity contribution in [3.63, 3.8) is 0 Å². The van der Waals surface area contributed by atoms with Crippen LogP contribution in [-0.2, 0) is 6.54 Å². The molecule has 0 unspecified atom stereocenters. The van der Waals surface area contributed by atoms with Crippen molar-refractivity contribution in [1.82, 2.24) is 9.55 Å². The lowest BCUT2D eigenvalue weighted by Crippen LogP contribution is -2.25. The number of benzene rings is 2. The topological polar surface area (TPSA) is 34.9 Å². The van der Waals surface area contributed by atoms with E-state index in [0.717, 1.165) is 23.9 Å². The van der Waals surface area contributed by atoms with Gasteiger partial charge in [0, 0.05) is 17.5 Å². The molecule has 0 N–H and O–H groups in total. The molecule has 0 bridgehead atoms. The Morgan fingerprint density at radius 2 is 1.91 bits per heavy atom. The lowest BCUT2D eigenvalue weighted by atomic mass is 10.1. The fourth-order valence-corrected chi connectivity index (χ4v) is 2.80. The second-order valence-electron chi connectivity index (χ2n) is 5.82. The smallest absolute Gasteiger partial charge is 0.292 e. The minimum atomic E-state index is -0.317. The molecule has 2 aromatic carbocycles. The van der Waals surface area contributed by atoms with Crippen LogP contribution >= 0.6 is 0 Å². The molecule has 1 aliphatic carbocycles. The fourth-order valence-electron chi connectivity index (χ4n) is 2.80. The maximum absolute atomic E-state index is 13.7. The minimum absolute atomic E-state index is 0.259. The maximum Gasteiger partial charge on any atom is 0.348 e. The van der Waals surface area contributed by atoms with E-state index in [9.17, 15) is 9.18 Å². The normalized spacial score (nSPS) is 14.4. The quantitative estimate of drug-likeness (QED) is 0.739. The Kier molecular flexibility index (Phi) is 3.03. The van der Waals surface area contributed by atoms with Crippen molar-refractivity contribution in [1.29, 1.82) is 0 Å². The summed E-state index contributed by atoms with van der Waals surface area (Å²) in [4.78, 5) is 16.7. The van der Waals surface area contributed by atoms with Gasteiger partial charge in [0.05, 0.1) is 11.2 Å². The molecule has 3 aromatic rings. The number of hydrogen-bond donors (Lipinski definition) is 0. The standard InChI is InChI=1S/C18H15FN2O/c19-14-8-9-16-15(10-14)17(13-4-2-1-3-5-13)20-18(22)21(16)11-12-6-7-12/h1-5,8-10,12H,6-7,11H2. The predicted molar refractivity (Wildman–Crippen MR) is 84.1 cm³/mol. The molecule has 1 aromatic heterocycles. The molecule has 0 spiro atoms. The molecule has 110 valence electrons. The van der Waals surface area contributed by atoms with Crippen molar-refractivity contribution < 1.29 is 4.39 Å². The van der Waals surface area contributed by atoms with Crippen LogP contribution in [0.3, 0.4) is 0 Å². The highest BCUT2D eigenvalue weighted by Gasteiger charge is 2.24. The Bertz CT molecular complexity index is 898. The Balaban J connectivity index is 2.01. The third-order valence-electron chi connectivity index (χ3n) is 4.13. The molecule has 1 saturated carbocycles. The summed E-state index contributed by atoms with van der Waals surface area (Å²) in [6.45, 7) is 0.670. The first-order valence-corrected chi connectivity index (χ1v) is 7.48. The molecular weight excluding hydrogens is 279 g/mol. The molecule has 1 fully saturated rings. The number of nitrogens with zero attached hydrogens (tertiary/aromatic N) is 2. The van der Waals surface area contributed by atoms with Gasteiger partial charge in [-0.05, 0) is 37.0 Å². The zero-order valence-electron chi connectivity index (χ0n) is 12.0. The van der Waals surface area contributed by atoms with Gasteiger partial charge in [0.1, 0.15) is 5.82 Å². The summed E-state index contributed by atoms with van der Waals surface area (Å²) in [6, 6.07) is 14.0. The van der Waals surface area contributed by atoms with Gasteiger partial charge in [0.15, 0.2) is 0 Å². The number of halogens is 1. The highest BCUT2D eigenvalue weighted by atomic mass is 19.1. The first kappa shape index (κ1) is 13.2. The highest BCUT2D eigenvalue weighted by molar-refractivity contribution is 5.92. The summed E-state index contributed by atoms with van der Waals surface area (Å²) in [5, 5.41) is 0.687. The van der Waals surface area contributed by atoms with E-state index in [1.807, 2.05) is 30.3 Å². The Morgan fingerprint density at radius 1 is 1.14 bits per heavy atom. The van der Waals surface area contributed by atoms with Crippen molar-refractivity contribution in [2.45, 2.75) is 19.4 Å². The largest absolute Gasteiger partial charge is 0.348 e. The van der Waals surface area contributed by atoms with Gasteiger partial charge in [-0.1, -0.05) is 30.3 Å². The van der Waals surface area contributed by atoms with Crippen LogP contribution in [0.5, 0.6) is 0 Å². The van der Waals surface area contributed by atoms with Gasteiger partial charge in [0.2, 0.25) is 0 Å². The van der Waals surface area contributed by atoms with Crippen LogP contribution in [0.25, 0.3) is 22.2 Å². The number of fused-ring (bicyclic) bond motifs is 1. The minimum Gasteiger partial charge on any atom is -0.292 e. The lowest BCUT2D eigenvalue weighted by molar-refractivity contribution is 0.610. The van der Waals surface area contributed by atoms with E-state index in [2.05, 4.69) is 4.98 Å². The molecule has 3 nitrogen and oxygen atoms in total. The summed E-state index contributed by atoms with van der Waals surface area (Å²) >= 11 is 0. The molecular formula is C18H15FN2O. The summed E-state index contributed by atoms with van der Waals surface area (Å²) < 4.78 is 15.4. The van der Waals surface area contributed by atoms with Crippen molar-refractivity contribution in [3.8, 4) is 11.3 Å². The van der Waals surface area contributed by atoms with Gasteiger partial charge in [-0.15, -0.1) is 0 Å². The van der Waals surface area contributed by atoms with E-state index < -0.39 is 0 Å². The third kappa shape index (κ3) is 2.30. The average Bonchev–Trinajstić information content (AvgIpc) is 3.35. The van der Waals surface area contributed by atoms with Crippen molar-refractivity contribution in [2.24, 2.45) is 5.92 Å². The van der Waals surface area contributed by atoms with Gasteiger partial charge < -0.3 is 0 Å². The van der Waals surface area contributed by atoms with Gasteiger partial charge in [-0.3, -0.25) is 4.57 Å². The van der Waals surface area contributed by atoms with Crippen LogP contribution < -0.4 is 5.69 Å². The van der Waals surface area contributed by atoms with Gasteiger partial charge >= 0.3 is 5.69 Å². The zero-order chi connectivity index (χ0) is 15.1. The average molecular weight is 294 g/mol. The first-order valence-electron chi connectivity index (χ1n) is 7.48. The van der Waals surface area contributed by atoms with Crippen LogP contribution in [0.15, 0.2) is 53.3 Å².